The normalized spacial score (nSPS) is 11.7. The molecule has 0 spiro atoms. The maximum absolute atomic E-state index is 10.4. The topological polar surface area (TPSA) is 46.5 Å². The fourth-order valence-corrected chi connectivity index (χ4v) is 0.899. The van der Waals surface area contributed by atoms with Gasteiger partial charge in [0.25, 0.3) is 0 Å². The predicted octanol–water partition coefficient (Wildman–Crippen LogP) is 2.22. The molecule has 0 rings (SSSR count). The van der Waals surface area contributed by atoms with Gasteiger partial charge in [-0.15, -0.1) is 0 Å². The molecule has 0 saturated carbocycles. The van der Waals surface area contributed by atoms with E-state index >= 15 is 0 Å². The number of hydrogen-bond acceptors (Lipinski definition) is 2. The van der Waals surface area contributed by atoms with Crippen LogP contribution in [0.3, 0.4) is 0 Å². The van der Waals surface area contributed by atoms with Gasteiger partial charge >= 0.3 is 5.97 Å². The summed E-state index contributed by atoms with van der Waals surface area (Å²) >= 11 is 0. The maximum atomic E-state index is 10.4. The zero-order valence-corrected chi connectivity index (χ0v) is 8.38. The van der Waals surface area contributed by atoms with Crippen molar-refractivity contribution in [3.8, 4) is 0 Å². The number of carbonyl (C=O) groups is 1. The summed E-state index contributed by atoms with van der Waals surface area (Å²) in [4.78, 5) is 10.4. The summed E-state index contributed by atoms with van der Waals surface area (Å²) in [5.41, 5.74) is 0.427. The highest BCUT2D eigenvalue weighted by Gasteiger charge is 1.97. The number of rotatable bonds is 7. The van der Waals surface area contributed by atoms with Crippen molar-refractivity contribution in [2.24, 2.45) is 0 Å². The molecule has 0 aliphatic carbocycles. The molecule has 3 nitrogen and oxygen atoms in total. The van der Waals surface area contributed by atoms with Crippen LogP contribution in [-0.2, 0) is 9.53 Å². The Kier molecular flexibility index (Phi) is 7.30. The summed E-state index contributed by atoms with van der Waals surface area (Å²) < 4.78 is 5.15. The van der Waals surface area contributed by atoms with Gasteiger partial charge in [0.2, 0.25) is 0 Å². The molecule has 1 N–H and O–H groups in total. The molecular formula is C10H18O3. The van der Waals surface area contributed by atoms with E-state index in [0.717, 1.165) is 32.5 Å². The van der Waals surface area contributed by atoms with E-state index in [1.165, 1.54) is 0 Å². The van der Waals surface area contributed by atoms with Gasteiger partial charge in [-0.05, 0) is 33.1 Å². The molecule has 0 aliphatic rings. The molecule has 0 aromatic rings. The lowest BCUT2D eigenvalue weighted by atomic mass is 10.2. The van der Waals surface area contributed by atoms with Gasteiger partial charge < -0.3 is 9.84 Å². The molecule has 0 amide bonds. The molecule has 13 heavy (non-hydrogen) atoms. The van der Waals surface area contributed by atoms with Crippen LogP contribution in [0.4, 0.5) is 0 Å². The van der Waals surface area contributed by atoms with Gasteiger partial charge in [-0.1, -0.05) is 6.08 Å². The second kappa shape index (κ2) is 7.80. The first kappa shape index (κ1) is 12.2. The Labute approximate surface area is 79.4 Å². The summed E-state index contributed by atoms with van der Waals surface area (Å²) in [6.07, 6.45) is 4.57. The van der Waals surface area contributed by atoms with Crippen LogP contribution in [0.15, 0.2) is 11.6 Å². The number of unbranched alkanes of at least 4 members (excludes halogenated alkanes) is 2. The highest BCUT2D eigenvalue weighted by atomic mass is 16.5. The first-order valence-corrected chi connectivity index (χ1v) is 4.66. The predicted molar refractivity (Wildman–Crippen MR) is 51.7 cm³/mol. The number of carboxylic acid groups (broad SMARTS) is 1. The van der Waals surface area contributed by atoms with E-state index in [2.05, 4.69) is 0 Å². The summed E-state index contributed by atoms with van der Waals surface area (Å²) in [6, 6.07) is 0. The van der Waals surface area contributed by atoms with Crippen LogP contribution in [0.2, 0.25) is 0 Å². The minimum atomic E-state index is -0.829. The zero-order valence-electron chi connectivity index (χ0n) is 8.38. The lowest BCUT2D eigenvalue weighted by Crippen LogP contribution is -1.96. The highest BCUT2D eigenvalue weighted by molar-refractivity contribution is 5.85. The standard InChI is InChI=1S/C10H18O3/c1-3-13-8-6-4-5-7-9(2)10(11)12/h7H,3-6,8H2,1-2H3,(H,11,12). The SMILES string of the molecule is CCOCCCCC=C(C)C(=O)O. The van der Waals surface area contributed by atoms with Crippen LogP contribution in [-0.4, -0.2) is 24.3 Å². The summed E-state index contributed by atoms with van der Waals surface area (Å²) in [7, 11) is 0. The van der Waals surface area contributed by atoms with Gasteiger partial charge in [-0.2, -0.15) is 0 Å². The molecule has 0 bridgehead atoms. The monoisotopic (exact) mass is 186 g/mol. The molecule has 3 heteroatoms. The van der Waals surface area contributed by atoms with Crippen molar-refractivity contribution in [1.29, 1.82) is 0 Å². The second-order valence-corrected chi connectivity index (χ2v) is 2.88. The first-order valence-electron chi connectivity index (χ1n) is 4.66. The van der Waals surface area contributed by atoms with Gasteiger partial charge in [0.15, 0.2) is 0 Å². The van der Waals surface area contributed by atoms with E-state index < -0.39 is 5.97 Å². The van der Waals surface area contributed by atoms with Crippen molar-refractivity contribution in [1.82, 2.24) is 0 Å². The van der Waals surface area contributed by atoms with Crippen molar-refractivity contribution in [2.45, 2.75) is 33.1 Å². The Bertz CT molecular complexity index is 173. The Morgan fingerprint density at radius 2 is 2.15 bits per heavy atom. The van der Waals surface area contributed by atoms with Gasteiger partial charge in [-0.3, -0.25) is 0 Å². The van der Waals surface area contributed by atoms with Gasteiger partial charge in [-0.25, -0.2) is 4.79 Å². The van der Waals surface area contributed by atoms with Crippen molar-refractivity contribution in [2.75, 3.05) is 13.2 Å². The van der Waals surface area contributed by atoms with E-state index in [9.17, 15) is 4.79 Å². The number of allylic oxidation sites excluding steroid dienone is 1. The van der Waals surface area contributed by atoms with Crippen LogP contribution in [0.25, 0.3) is 0 Å². The number of ether oxygens (including phenoxy) is 1. The smallest absolute Gasteiger partial charge is 0.330 e. The molecule has 76 valence electrons. The van der Waals surface area contributed by atoms with Gasteiger partial charge in [0.1, 0.15) is 0 Å². The Hall–Kier alpha value is -0.830. The first-order chi connectivity index (χ1) is 6.18. The van der Waals surface area contributed by atoms with Gasteiger partial charge in [0.05, 0.1) is 0 Å². The molecule has 0 saturated heterocycles. The Morgan fingerprint density at radius 1 is 1.46 bits per heavy atom. The summed E-state index contributed by atoms with van der Waals surface area (Å²) in [5.74, 6) is -0.829. The summed E-state index contributed by atoms with van der Waals surface area (Å²) in [5, 5.41) is 8.53. The molecule has 0 heterocycles. The lowest BCUT2D eigenvalue weighted by Gasteiger charge is -1.98. The number of aliphatic carboxylic acids is 1. The fraction of sp³-hybridized carbons (Fsp3) is 0.700. The minimum Gasteiger partial charge on any atom is -0.478 e. The minimum absolute atomic E-state index is 0.427. The van der Waals surface area contributed by atoms with Gasteiger partial charge in [0, 0.05) is 18.8 Å². The number of carboxylic acids is 1. The van der Waals surface area contributed by atoms with E-state index in [1.54, 1.807) is 13.0 Å². The van der Waals surface area contributed by atoms with Crippen molar-refractivity contribution in [3.63, 3.8) is 0 Å². The lowest BCUT2D eigenvalue weighted by molar-refractivity contribution is -0.132. The van der Waals surface area contributed by atoms with E-state index in [0.29, 0.717) is 5.57 Å². The van der Waals surface area contributed by atoms with E-state index in [-0.39, 0.29) is 0 Å². The van der Waals surface area contributed by atoms with Crippen molar-refractivity contribution < 1.29 is 14.6 Å². The van der Waals surface area contributed by atoms with Crippen LogP contribution >= 0.6 is 0 Å². The average molecular weight is 186 g/mol. The third-order valence-corrected chi connectivity index (χ3v) is 1.73. The Morgan fingerprint density at radius 3 is 2.69 bits per heavy atom. The second-order valence-electron chi connectivity index (χ2n) is 2.88. The van der Waals surface area contributed by atoms with Crippen molar-refractivity contribution >= 4 is 5.97 Å². The van der Waals surface area contributed by atoms with E-state index in [4.69, 9.17) is 9.84 Å². The third-order valence-electron chi connectivity index (χ3n) is 1.73. The molecule has 0 atom stereocenters. The number of hydrogen-bond donors (Lipinski definition) is 1. The van der Waals surface area contributed by atoms with Crippen LogP contribution in [0.1, 0.15) is 33.1 Å². The average Bonchev–Trinajstić information content (AvgIpc) is 2.10. The molecule has 0 fully saturated rings. The Balaban J connectivity index is 3.34. The molecule has 0 unspecified atom stereocenters. The van der Waals surface area contributed by atoms with Crippen LogP contribution < -0.4 is 0 Å². The zero-order chi connectivity index (χ0) is 10.1. The van der Waals surface area contributed by atoms with Crippen LogP contribution in [0, 0.1) is 0 Å². The highest BCUT2D eigenvalue weighted by Crippen LogP contribution is 2.01. The molecule has 0 aromatic heterocycles. The third kappa shape index (κ3) is 7.53. The van der Waals surface area contributed by atoms with E-state index in [1.807, 2.05) is 6.92 Å². The summed E-state index contributed by atoms with van der Waals surface area (Å²) in [6.45, 7) is 5.11. The molecule has 0 aliphatic heterocycles. The molecule has 0 aromatic carbocycles. The van der Waals surface area contributed by atoms with Crippen molar-refractivity contribution in [3.05, 3.63) is 11.6 Å². The quantitative estimate of drug-likeness (QED) is 0.490. The maximum Gasteiger partial charge on any atom is 0.330 e. The largest absolute Gasteiger partial charge is 0.478 e. The van der Waals surface area contributed by atoms with Crippen LogP contribution in [0.5, 0.6) is 0 Å². The molecular weight excluding hydrogens is 168 g/mol. The molecule has 0 radical (unpaired) electrons. The fourth-order valence-electron chi connectivity index (χ4n) is 0.899.